The van der Waals surface area contributed by atoms with Crippen LogP contribution in [0.25, 0.3) is 10.6 Å². The number of aliphatic carboxylic acids is 1. The number of benzene rings is 2. The van der Waals surface area contributed by atoms with Crippen molar-refractivity contribution in [1.29, 1.82) is 0 Å². The van der Waals surface area contributed by atoms with E-state index in [-0.39, 0.29) is 5.75 Å². The number of hydrogen-bond acceptors (Lipinski definition) is 5. The average Bonchev–Trinajstić information content (AvgIpc) is 3.08. The zero-order valence-corrected chi connectivity index (χ0v) is 18.0. The summed E-state index contributed by atoms with van der Waals surface area (Å²) in [6.07, 6.45) is -6.81. The summed E-state index contributed by atoms with van der Waals surface area (Å²) in [5, 5.41) is 9.24. The SMILES string of the molecule is Cc1cc(SCc2sc(-c3ccc(C(F)(F)F)cc3)nc2C)ccc1OC(F)C(=O)O. The van der Waals surface area contributed by atoms with Gasteiger partial charge >= 0.3 is 18.5 Å². The summed E-state index contributed by atoms with van der Waals surface area (Å²) in [6.45, 7) is 3.53. The zero-order valence-electron chi connectivity index (χ0n) is 16.4. The molecule has 164 valence electrons. The van der Waals surface area contributed by atoms with Gasteiger partial charge in [-0.1, -0.05) is 12.1 Å². The van der Waals surface area contributed by atoms with E-state index in [2.05, 4.69) is 4.98 Å². The molecule has 0 radical (unpaired) electrons. The Morgan fingerprint density at radius 2 is 1.87 bits per heavy atom. The first-order chi connectivity index (χ1) is 14.5. The summed E-state index contributed by atoms with van der Waals surface area (Å²) >= 11 is 2.92. The van der Waals surface area contributed by atoms with Crippen LogP contribution in [0.5, 0.6) is 5.75 Å². The molecule has 0 bridgehead atoms. The van der Waals surface area contributed by atoms with Gasteiger partial charge in [0.2, 0.25) is 0 Å². The topological polar surface area (TPSA) is 59.4 Å². The van der Waals surface area contributed by atoms with E-state index in [0.717, 1.165) is 27.6 Å². The summed E-state index contributed by atoms with van der Waals surface area (Å²) in [4.78, 5) is 16.9. The summed E-state index contributed by atoms with van der Waals surface area (Å²) in [5.74, 6) is -0.954. The van der Waals surface area contributed by atoms with Crippen LogP contribution in [0.3, 0.4) is 0 Å². The van der Waals surface area contributed by atoms with E-state index in [1.807, 2.05) is 6.92 Å². The number of carboxylic acids is 1. The van der Waals surface area contributed by atoms with E-state index in [0.29, 0.717) is 21.9 Å². The van der Waals surface area contributed by atoms with Crippen molar-refractivity contribution >= 4 is 29.1 Å². The van der Waals surface area contributed by atoms with Gasteiger partial charge in [-0.15, -0.1) is 23.1 Å². The Hall–Kier alpha value is -2.59. The van der Waals surface area contributed by atoms with Crippen molar-refractivity contribution < 1.29 is 32.2 Å². The standard InChI is InChI=1S/C21H17F4NO3S2/c1-11-9-15(7-8-16(11)29-18(22)20(27)28)30-10-17-12(2)26-19(31-17)13-3-5-14(6-4-13)21(23,24)25/h3-9,18H,10H2,1-2H3,(H,27,28). The van der Waals surface area contributed by atoms with Crippen molar-refractivity contribution in [2.45, 2.75) is 37.0 Å². The van der Waals surface area contributed by atoms with Crippen LogP contribution in [0, 0.1) is 13.8 Å². The molecular weight excluding hydrogens is 454 g/mol. The van der Waals surface area contributed by atoms with Gasteiger partial charge in [-0.05, 0) is 49.7 Å². The monoisotopic (exact) mass is 471 g/mol. The molecule has 0 aliphatic heterocycles. The molecule has 3 rings (SSSR count). The van der Waals surface area contributed by atoms with E-state index < -0.39 is 24.1 Å². The third-order valence-electron chi connectivity index (χ3n) is 4.29. The normalized spacial score (nSPS) is 12.6. The van der Waals surface area contributed by atoms with Crippen molar-refractivity contribution in [3.8, 4) is 16.3 Å². The Morgan fingerprint density at radius 3 is 2.45 bits per heavy atom. The van der Waals surface area contributed by atoms with E-state index in [4.69, 9.17) is 9.84 Å². The van der Waals surface area contributed by atoms with Crippen LogP contribution in [0.15, 0.2) is 47.4 Å². The van der Waals surface area contributed by atoms with E-state index in [1.165, 1.54) is 41.3 Å². The molecule has 1 unspecified atom stereocenters. The number of thioether (sulfide) groups is 1. The molecule has 31 heavy (non-hydrogen) atoms. The molecule has 2 aromatic carbocycles. The lowest BCUT2D eigenvalue weighted by molar-refractivity contribution is -0.153. The third-order valence-corrected chi connectivity index (χ3v) is 6.70. The Balaban J connectivity index is 1.68. The van der Waals surface area contributed by atoms with Crippen LogP contribution >= 0.6 is 23.1 Å². The minimum Gasteiger partial charge on any atom is -0.476 e. The Morgan fingerprint density at radius 1 is 1.19 bits per heavy atom. The minimum absolute atomic E-state index is 0.151. The lowest BCUT2D eigenvalue weighted by atomic mass is 10.1. The summed E-state index contributed by atoms with van der Waals surface area (Å²) in [6, 6.07) is 9.89. The number of hydrogen-bond donors (Lipinski definition) is 1. The second-order valence-electron chi connectivity index (χ2n) is 6.59. The van der Waals surface area contributed by atoms with Gasteiger partial charge in [0.1, 0.15) is 10.8 Å². The molecule has 1 N–H and O–H groups in total. The molecular formula is C21H17F4NO3S2. The second kappa shape index (κ2) is 9.27. The van der Waals surface area contributed by atoms with Gasteiger partial charge in [0, 0.05) is 21.1 Å². The number of carboxylic acid groups (broad SMARTS) is 1. The number of thiazole rings is 1. The first kappa shape index (κ1) is 23.1. The summed E-state index contributed by atoms with van der Waals surface area (Å²) in [5.41, 5.74) is 1.31. The highest BCUT2D eigenvalue weighted by molar-refractivity contribution is 7.98. The molecule has 0 aliphatic rings. The van der Waals surface area contributed by atoms with Crippen LogP contribution in [0.4, 0.5) is 17.6 Å². The van der Waals surface area contributed by atoms with Crippen molar-refractivity contribution in [3.05, 3.63) is 64.2 Å². The smallest absolute Gasteiger partial charge is 0.416 e. The molecule has 10 heteroatoms. The van der Waals surface area contributed by atoms with Crippen molar-refractivity contribution in [2.24, 2.45) is 0 Å². The minimum atomic E-state index is -4.38. The zero-order chi connectivity index (χ0) is 22.8. The lowest BCUT2D eigenvalue weighted by Gasteiger charge is -2.11. The number of halogens is 4. The van der Waals surface area contributed by atoms with E-state index in [9.17, 15) is 22.4 Å². The van der Waals surface area contributed by atoms with Crippen LogP contribution in [-0.4, -0.2) is 22.4 Å². The van der Waals surface area contributed by atoms with E-state index >= 15 is 0 Å². The van der Waals surface area contributed by atoms with Gasteiger partial charge in [-0.2, -0.15) is 17.6 Å². The molecule has 1 atom stereocenters. The average molecular weight is 471 g/mol. The molecule has 0 fully saturated rings. The molecule has 0 spiro atoms. The second-order valence-corrected chi connectivity index (χ2v) is 8.72. The quantitative estimate of drug-likeness (QED) is 0.315. The van der Waals surface area contributed by atoms with Gasteiger partial charge in [0.05, 0.1) is 11.3 Å². The van der Waals surface area contributed by atoms with Crippen LogP contribution < -0.4 is 4.74 Å². The number of carbonyl (C=O) groups is 1. The fraction of sp³-hybridized carbons (Fsp3) is 0.238. The Kier molecular flexibility index (Phi) is 6.90. The maximum absolute atomic E-state index is 13.2. The van der Waals surface area contributed by atoms with Crippen LogP contribution in [0.2, 0.25) is 0 Å². The fourth-order valence-corrected chi connectivity index (χ4v) is 4.85. The molecule has 0 saturated carbocycles. The largest absolute Gasteiger partial charge is 0.476 e. The van der Waals surface area contributed by atoms with Gasteiger partial charge in [0.15, 0.2) is 0 Å². The fourth-order valence-electron chi connectivity index (χ4n) is 2.64. The van der Waals surface area contributed by atoms with Crippen molar-refractivity contribution in [3.63, 3.8) is 0 Å². The molecule has 1 aromatic heterocycles. The first-order valence-electron chi connectivity index (χ1n) is 8.95. The number of ether oxygens (including phenoxy) is 1. The van der Waals surface area contributed by atoms with E-state index in [1.54, 1.807) is 19.1 Å². The van der Waals surface area contributed by atoms with Crippen molar-refractivity contribution in [2.75, 3.05) is 0 Å². The summed E-state index contributed by atoms with van der Waals surface area (Å²) < 4.78 is 56.2. The number of nitrogens with zero attached hydrogens (tertiary/aromatic N) is 1. The molecule has 1 heterocycles. The lowest BCUT2D eigenvalue weighted by Crippen LogP contribution is -2.21. The Labute approximate surface area is 183 Å². The highest BCUT2D eigenvalue weighted by atomic mass is 32.2. The highest BCUT2D eigenvalue weighted by Gasteiger charge is 2.30. The predicted molar refractivity (Wildman–Crippen MR) is 111 cm³/mol. The number of aromatic nitrogens is 1. The number of aryl methyl sites for hydroxylation is 2. The third kappa shape index (κ3) is 5.76. The van der Waals surface area contributed by atoms with Gasteiger partial charge < -0.3 is 9.84 Å². The number of rotatable bonds is 7. The van der Waals surface area contributed by atoms with Crippen LogP contribution in [0.1, 0.15) is 21.7 Å². The van der Waals surface area contributed by atoms with Gasteiger partial charge in [-0.25, -0.2) is 9.78 Å². The number of alkyl halides is 4. The molecule has 3 aromatic rings. The maximum Gasteiger partial charge on any atom is 0.416 e. The highest BCUT2D eigenvalue weighted by Crippen LogP contribution is 2.35. The van der Waals surface area contributed by atoms with Crippen LogP contribution in [-0.2, 0) is 16.7 Å². The van der Waals surface area contributed by atoms with Gasteiger partial charge in [0.25, 0.3) is 0 Å². The molecule has 0 aliphatic carbocycles. The molecule has 0 saturated heterocycles. The van der Waals surface area contributed by atoms with Gasteiger partial charge in [-0.3, -0.25) is 0 Å². The summed E-state index contributed by atoms with van der Waals surface area (Å²) in [7, 11) is 0. The van der Waals surface area contributed by atoms with Crippen molar-refractivity contribution in [1.82, 2.24) is 4.98 Å². The maximum atomic E-state index is 13.2. The molecule has 0 amide bonds. The molecule has 4 nitrogen and oxygen atoms in total. The predicted octanol–water partition coefficient (Wildman–Crippen LogP) is 6.50. The Bertz CT molecular complexity index is 1080. The first-order valence-corrected chi connectivity index (χ1v) is 10.8.